The summed E-state index contributed by atoms with van der Waals surface area (Å²) in [5, 5.41) is 17.9. The molecule has 1 aromatic carbocycles. The molecule has 108 valence electrons. The Morgan fingerprint density at radius 1 is 1.33 bits per heavy atom. The maximum atomic E-state index is 8.93. The lowest BCUT2D eigenvalue weighted by molar-refractivity contribution is 0.395. The van der Waals surface area contributed by atoms with E-state index in [4.69, 9.17) is 10.5 Å². The Morgan fingerprint density at radius 3 is 2.52 bits per heavy atom. The van der Waals surface area contributed by atoms with Gasteiger partial charge in [-0.2, -0.15) is 10.5 Å². The molecule has 0 N–H and O–H groups in total. The van der Waals surface area contributed by atoms with Crippen LogP contribution in [0.25, 0.3) is 6.08 Å². The summed E-state index contributed by atoms with van der Waals surface area (Å²) in [6.45, 7) is 8.79. The van der Waals surface area contributed by atoms with Crippen LogP contribution in [-0.4, -0.2) is 12.6 Å². The topological polar surface area (TPSA) is 50.8 Å². The van der Waals surface area contributed by atoms with Crippen LogP contribution in [0.5, 0.6) is 0 Å². The van der Waals surface area contributed by atoms with Crippen LogP contribution in [-0.2, 0) is 0 Å². The third-order valence-corrected chi connectivity index (χ3v) is 4.56. The highest BCUT2D eigenvalue weighted by molar-refractivity contribution is 5.70. The second kappa shape index (κ2) is 5.26. The molecule has 0 saturated carbocycles. The van der Waals surface area contributed by atoms with Gasteiger partial charge in [-0.1, -0.05) is 6.92 Å². The van der Waals surface area contributed by atoms with Gasteiger partial charge in [-0.15, -0.1) is 0 Å². The van der Waals surface area contributed by atoms with Crippen molar-refractivity contribution in [3.63, 3.8) is 0 Å². The van der Waals surface area contributed by atoms with Gasteiger partial charge in [0, 0.05) is 18.3 Å². The second-order valence-corrected chi connectivity index (χ2v) is 6.53. The standard InChI is InChI=1S/C18H21N3/c1-12-6-17-16(8-15(12)7-14(10-19)11-20)13(2)9-18(3,4)21(17)5/h6-8,13H,9H2,1-5H3/t13-/m0/s1. The zero-order valence-electron chi connectivity index (χ0n) is 13.4. The van der Waals surface area contributed by atoms with Gasteiger partial charge in [0.15, 0.2) is 0 Å². The Morgan fingerprint density at radius 2 is 1.95 bits per heavy atom. The van der Waals surface area contributed by atoms with Gasteiger partial charge < -0.3 is 4.90 Å². The molecule has 3 nitrogen and oxygen atoms in total. The van der Waals surface area contributed by atoms with Crippen LogP contribution in [0.1, 0.15) is 49.8 Å². The van der Waals surface area contributed by atoms with Crippen molar-refractivity contribution in [1.82, 2.24) is 0 Å². The molecule has 3 heteroatoms. The number of fused-ring (bicyclic) bond motifs is 1. The smallest absolute Gasteiger partial charge is 0.130 e. The summed E-state index contributed by atoms with van der Waals surface area (Å²) in [4.78, 5) is 2.33. The minimum absolute atomic E-state index is 0.140. The highest BCUT2D eigenvalue weighted by Gasteiger charge is 2.34. The highest BCUT2D eigenvalue weighted by Crippen LogP contribution is 2.43. The maximum absolute atomic E-state index is 8.93. The van der Waals surface area contributed by atoms with E-state index in [2.05, 4.69) is 44.9 Å². The first kappa shape index (κ1) is 15.1. The van der Waals surface area contributed by atoms with E-state index in [0.717, 1.165) is 17.5 Å². The summed E-state index contributed by atoms with van der Waals surface area (Å²) in [6, 6.07) is 8.17. The number of benzene rings is 1. The van der Waals surface area contributed by atoms with Crippen LogP contribution >= 0.6 is 0 Å². The van der Waals surface area contributed by atoms with Crippen molar-refractivity contribution >= 4 is 11.8 Å². The summed E-state index contributed by atoms with van der Waals surface area (Å²) in [5.74, 6) is 0.464. The van der Waals surface area contributed by atoms with E-state index in [-0.39, 0.29) is 11.1 Å². The highest BCUT2D eigenvalue weighted by atomic mass is 15.2. The summed E-state index contributed by atoms with van der Waals surface area (Å²) in [6.07, 6.45) is 2.77. The van der Waals surface area contributed by atoms with Crippen molar-refractivity contribution in [2.45, 2.75) is 45.6 Å². The number of anilines is 1. The number of allylic oxidation sites excluding steroid dienone is 1. The molecule has 0 aromatic heterocycles. The van der Waals surface area contributed by atoms with Gasteiger partial charge in [-0.3, -0.25) is 0 Å². The number of nitriles is 2. The van der Waals surface area contributed by atoms with Crippen molar-refractivity contribution < 1.29 is 0 Å². The van der Waals surface area contributed by atoms with Gasteiger partial charge >= 0.3 is 0 Å². The SMILES string of the molecule is Cc1cc2c(cc1C=C(C#N)C#N)[C@@H](C)CC(C)(C)N2C. The lowest BCUT2D eigenvalue weighted by atomic mass is 9.79. The van der Waals surface area contributed by atoms with Gasteiger partial charge in [0.25, 0.3) is 0 Å². The second-order valence-electron chi connectivity index (χ2n) is 6.53. The number of nitrogens with zero attached hydrogens (tertiary/aromatic N) is 3. The summed E-state index contributed by atoms with van der Waals surface area (Å²) in [7, 11) is 2.13. The lowest BCUT2D eigenvalue weighted by Gasteiger charge is -2.45. The Kier molecular flexibility index (Phi) is 3.79. The van der Waals surface area contributed by atoms with E-state index < -0.39 is 0 Å². The predicted molar refractivity (Wildman–Crippen MR) is 85.9 cm³/mol. The van der Waals surface area contributed by atoms with E-state index in [1.807, 2.05) is 19.1 Å². The minimum Gasteiger partial charge on any atom is -0.369 e. The van der Waals surface area contributed by atoms with Crippen LogP contribution in [0.15, 0.2) is 17.7 Å². The fraction of sp³-hybridized carbons (Fsp3) is 0.444. The molecule has 0 unspecified atom stereocenters. The first-order valence-electron chi connectivity index (χ1n) is 7.20. The molecule has 0 saturated heterocycles. The average molecular weight is 279 g/mol. The number of aryl methyl sites for hydroxylation is 1. The molecule has 0 amide bonds. The first-order valence-corrected chi connectivity index (χ1v) is 7.20. The molecule has 1 aliphatic heterocycles. The van der Waals surface area contributed by atoms with Crippen molar-refractivity contribution in [2.24, 2.45) is 0 Å². The molecule has 0 fully saturated rings. The molecular formula is C18H21N3. The molecular weight excluding hydrogens is 258 g/mol. The summed E-state index contributed by atoms with van der Waals surface area (Å²) in [5.41, 5.74) is 4.89. The molecule has 0 aliphatic carbocycles. The van der Waals surface area contributed by atoms with Gasteiger partial charge in [0.2, 0.25) is 0 Å². The lowest BCUT2D eigenvalue weighted by Crippen LogP contribution is -2.45. The molecule has 2 rings (SSSR count). The third-order valence-electron chi connectivity index (χ3n) is 4.56. The quantitative estimate of drug-likeness (QED) is 0.726. The molecule has 0 radical (unpaired) electrons. The zero-order chi connectivity index (χ0) is 15.8. The first-order chi connectivity index (χ1) is 9.80. The molecule has 1 heterocycles. The fourth-order valence-electron chi connectivity index (χ4n) is 3.14. The van der Waals surface area contributed by atoms with Gasteiger partial charge in [0.1, 0.15) is 17.7 Å². The molecule has 0 spiro atoms. The molecule has 1 atom stereocenters. The van der Waals surface area contributed by atoms with E-state index in [0.29, 0.717) is 5.92 Å². The van der Waals surface area contributed by atoms with Crippen LogP contribution in [0.2, 0.25) is 0 Å². The van der Waals surface area contributed by atoms with Crippen LogP contribution in [0.3, 0.4) is 0 Å². The summed E-state index contributed by atoms with van der Waals surface area (Å²) < 4.78 is 0. The van der Waals surface area contributed by atoms with E-state index >= 15 is 0 Å². The van der Waals surface area contributed by atoms with Crippen molar-refractivity contribution in [2.75, 3.05) is 11.9 Å². The Balaban J connectivity index is 2.60. The maximum Gasteiger partial charge on any atom is 0.130 e. The Labute approximate surface area is 127 Å². The van der Waals surface area contributed by atoms with Gasteiger partial charge in [0.05, 0.1) is 0 Å². The van der Waals surface area contributed by atoms with Gasteiger partial charge in [-0.05, 0) is 68.0 Å². The van der Waals surface area contributed by atoms with Crippen LogP contribution < -0.4 is 4.90 Å². The van der Waals surface area contributed by atoms with Crippen LogP contribution in [0, 0.1) is 29.6 Å². The predicted octanol–water partition coefficient (Wildman–Crippen LogP) is 4.15. The fourth-order valence-corrected chi connectivity index (χ4v) is 3.14. The zero-order valence-corrected chi connectivity index (χ0v) is 13.4. The van der Waals surface area contributed by atoms with Crippen molar-refractivity contribution in [3.05, 3.63) is 34.4 Å². The minimum atomic E-state index is 0.140. The average Bonchev–Trinajstić information content (AvgIpc) is 2.43. The number of rotatable bonds is 1. The molecule has 21 heavy (non-hydrogen) atoms. The van der Waals surface area contributed by atoms with E-state index in [9.17, 15) is 0 Å². The van der Waals surface area contributed by atoms with Crippen LogP contribution in [0.4, 0.5) is 5.69 Å². The number of hydrogen-bond donors (Lipinski definition) is 0. The van der Waals surface area contributed by atoms with E-state index in [1.54, 1.807) is 6.08 Å². The monoisotopic (exact) mass is 279 g/mol. The molecule has 1 aliphatic rings. The van der Waals surface area contributed by atoms with E-state index in [1.165, 1.54) is 11.3 Å². The van der Waals surface area contributed by atoms with Crippen molar-refractivity contribution in [1.29, 1.82) is 10.5 Å². The number of hydrogen-bond acceptors (Lipinski definition) is 3. The largest absolute Gasteiger partial charge is 0.369 e. The van der Waals surface area contributed by atoms with Gasteiger partial charge in [-0.25, -0.2) is 0 Å². The third kappa shape index (κ3) is 2.65. The Hall–Kier alpha value is -2.26. The Bertz CT molecular complexity index is 668. The van der Waals surface area contributed by atoms with Crippen molar-refractivity contribution in [3.8, 4) is 12.1 Å². The summed E-state index contributed by atoms with van der Waals surface area (Å²) >= 11 is 0. The normalized spacial score (nSPS) is 19.2. The molecule has 0 bridgehead atoms. The molecule has 1 aromatic rings.